The third-order valence-electron chi connectivity index (χ3n) is 2.95. The number of sulfone groups is 1. The maximum atomic E-state index is 12.4. The van der Waals surface area contributed by atoms with Gasteiger partial charge < -0.3 is 10.6 Å². The Hall–Kier alpha value is -2.29. The second-order valence-electron chi connectivity index (χ2n) is 4.61. The van der Waals surface area contributed by atoms with E-state index in [9.17, 15) is 17.2 Å². The van der Waals surface area contributed by atoms with Crippen molar-refractivity contribution in [2.45, 2.75) is 17.1 Å². The maximum absolute atomic E-state index is 12.4. The van der Waals surface area contributed by atoms with Crippen LogP contribution in [0.5, 0.6) is 0 Å². The molecule has 1 heterocycles. The van der Waals surface area contributed by atoms with Crippen molar-refractivity contribution < 1.29 is 17.2 Å². The number of hydrogen-bond donors (Lipinski definition) is 2. The van der Waals surface area contributed by atoms with E-state index >= 15 is 0 Å². The summed E-state index contributed by atoms with van der Waals surface area (Å²) < 4.78 is 47.4. The van der Waals surface area contributed by atoms with Gasteiger partial charge in [-0.15, -0.1) is 0 Å². The van der Waals surface area contributed by atoms with Crippen molar-refractivity contribution >= 4 is 21.5 Å². The van der Waals surface area contributed by atoms with Crippen LogP contribution in [0.2, 0.25) is 0 Å². The Morgan fingerprint density at radius 2 is 1.61 bits per heavy atom. The quantitative estimate of drug-likeness (QED) is 0.717. The molecule has 9 heteroatoms. The van der Waals surface area contributed by atoms with Gasteiger partial charge >= 0.3 is 5.76 Å². The summed E-state index contributed by atoms with van der Waals surface area (Å²) in [6.07, 6.45) is 4.06. The minimum absolute atomic E-state index is 0.388. The molecular weight excluding hydrogens is 326 g/mol. The van der Waals surface area contributed by atoms with E-state index in [1.54, 1.807) is 18.5 Å². The number of anilines is 2. The molecule has 2 N–H and O–H groups in total. The molecule has 1 aromatic carbocycles. The van der Waals surface area contributed by atoms with Crippen LogP contribution < -0.4 is 10.6 Å². The van der Waals surface area contributed by atoms with Crippen LogP contribution in [-0.2, 0) is 9.84 Å². The summed E-state index contributed by atoms with van der Waals surface area (Å²) in [7, 11) is -4.54. The van der Waals surface area contributed by atoms with E-state index in [0.29, 0.717) is 24.7 Å². The number of nitrogens with one attached hydrogen (secondary N) is 2. The molecule has 0 atom stereocenters. The van der Waals surface area contributed by atoms with Crippen LogP contribution in [0.15, 0.2) is 47.6 Å². The minimum Gasteiger partial charge on any atom is -0.385 e. The van der Waals surface area contributed by atoms with Gasteiger partial charge in [0.2, 0.25) is 15.8 Å². The van der Waals surface area contributed by atoms with Gasteiger partial charge in [0, 0.05) is 31.2 Å². The fourth-order valence-electron chi connectivity index (χ4n) is 1.78. The topological polar surface area (TPSA) is 84.0 Å². The van der Waals surface area contributed by atoms with Gasteiger partial charge in [0.05, 0.1) is 4.90 Å². The highest BCUT2D eigenvalue weighted by Gasteiger charge is 2.26. The van der Waals surface area contributed by atoms with Gasteiger partial charge in [0.25, 0.3) is 0 Å². The van der Waals surface area contributed by atoms with Crippen molar-refractivity contribution in [1.82, 2.24) is 9.97 Å². The molecule has 6 nitrogen and oxygen atoms in total. The highest BCUT2D eigenvalue weighted by Crippen LogP contribution is 2.20. The van der Waals surface area contributed by atoms with Gasteiger partial charge in [-0.05, 0) is 36.8 Å². The third kappa shape index (κ3) is 4.85. The van der Waals surface area contributed by atoms with Crippen LogP contribution in [0.4, 0.5) is 20.4 Å². The predicted molar refractivity (Wildman–Crippen MR) is 83.3 cm³/mol. The Bertz CT molecular complexity index is 709. The molecule has 0 amide bonds. The van der Waals surface area contributed by atoms with Crippen molar-refractivity contribution in [3.05, 3.63) is 42.7 Å². The molecule has 0 saturated carbocycles. The second-order valence-corrected chi connectivity index (χ2v) is 6.53. The predicted octanol–water partition coefficient (Wildman–Crippen LogP) is 2.39. The third-order valence-corrected chi connectivity index (χ3v) is 4.35. The van der Waals surface area contributed by atoms with Gasteiger partial charge in [-0.2, -0.15) is 8.78 Å². The lowest BCUT2D eigenvalue weighted by atomic mass is 10.3. The molecule has 0 aliphatic heterocycles. The number of rotatable bonds is 8. The van der Waals surface area contributed by atoms with Crippen LogP contribution in [0.3, 0.4) is 0 Å². The molecule has 2 aromatic rings. The Morgan fingerprint density at radius 1 is 1.00 bits per heavy atom. The summed E-state index contributed by atoms with van der Waals surface area (Å²) in [6.45, 7) is 1.29. The van der Waals surface area contributed by atoms with E-state index in [2.05, 4.69) is 20.6 Å². The highest BCUT2D eigenvalue weighted by atomic mass is 32.2. The molecular formula is C14H16F2N4O2S. The Balaban J connectivity index is 1.76. The average molecular weight is 342 g/mol. The molecule has 0 aliphatic carbocycles. The summed E-state index contributed by atoms with van der Waals surface area (Å²) in [4.78, 5) is 7.65. The summed E-state index contributed by atoms with van der Waals surface area (Å²) in [5, 5.41) is 6.12. The normalized spacial score (nSPS) is 11.4. The lowest BCUT2D eigenvalue weighted by Gasteiger charge is -2.08. The van der Waals surface area contributed by atoms with Gasteiger partial charge in [-0.3, -0.25) is 0 Å². The standard InChI is InChI=1S/C14H16F2N4O2S/c15-13(16)23(21,22)12-5-3-11(4-6-12)17-7-1-8-18-14-19-9-2-10-20-14/h2-6,9-10,13,17H,1,7-8H2,(H,18,19,20). The molecule has 0 spiro atoms. The van der Waals surface area contributed by atoms with Gasteiger partial charge in [0.15, 0.2) is 0 Å². The van der Waals surface area contributed by atoms with Gasteiger partial charge in [0.1, 0.15) is 0 Å². The van der Waals surface area contributed by atoms with Crippen molar-refractivity contribution in [3.8, 4) is 0 Å². The maximum Gasteiger partial charge on any atom is 0.341 e. The SMILES string of the molecule is O=S(=O)(c1ccc(NCCCNc2ncccn2)cc1)C(F)F. The van der Waals surface area contributed by atoms with Crippen LogP contribution in [0.25, 0.3) is 0 Å². The van der Waals surface area contributed by atoms with E-state index in [1.807, 2.05) is 0 Å². The first-order valence-corrected chi connectivity index (χ1v) is 8.41. The molecule has 0 saturated heterocycles. The number of nitrogens with zero attached hydrogens (tertiary/aromatic N) is 2. The van der Waals surface area contributed by atoms with E-state index < -0.39 is 15.6 Å². The molecule has 0 radical (unpaired) electrons. The van der Waals surface area contributed by atoms with Crippen molar-refractivity contribution in [2.24, 2.45) is 0 Å². The molecule has 0 bridgehead atoms. The number of benzene rings is 1. The largest absolute Gasteiger partial charge is 0.385 e. The second kappa shape index (κ2) is 7.82. The minimum atomic E-state index is -4.54. The number of alkyl halides is 2. The summed E-state index contributed by atoms with van der Waals surface area (Å²) in [5.41, 5.74) is 0.661. The van der Waals surface area contributed by atoms with Gasteiger partial charge in [-0.25, -0.2) is 18.4 Å². The first kappa shape index (κ1) is 17.1. The van der Waals surface area contributed by atoms with Crippen LogP contribution in [0.1, 0.15) is 6.42 Å². The van der Waals surface area contributed by atoms with Gasteiger partial charge in [-0.1, -0.05) is 0 Å². The highest BCUT2D eigenvalue weighted by molar-refractivity contribution is 7.91. The zero-order chi connectivity index (χ0) is 16.7. The fourth-order valence-corrected chi connectivity index (χ4v) is 2.50. The molecule has 0 unspecified atom stereocenters. The number of aromatic nitrogens is 2. The average Bonchev–Trinajstić information content (AvgIpc) is 2.56. The molecule has 0 aliphatic rings. The first-order chi connectivity index (χ1) is 11.0. The first-order valence-electron chi connectivity index (χ1n) is 6.87. The van der Waals surface area contributed by atoms with Crippen LogP contribution >= 0.6 is 0 Å². The summed E-state index contributed by atoms with van der Waals surface area (Å²) >= 11 is 0. The van der Waals surface area contributed by atoms with Crippen LogP contribution in [-0.4, -0.2) is 37.2 Å². The Kier molecular flexibility index (Phi) is 5.80. The smallest absolute Gasteiger partial charge is 0.341 e. The molecule has 2 rings (SSSR count). The summed E-state index contributed by atoms with van der Waals surface area (Å²) in [5.74, 6) is -2.86. The summed E-state index contributed by atoms with van der Waals surface area (Å²) in [6, 6.07) is 6.98. The molecule has 1 aromatic heterocycles. The zero-order valence-corrected chi connectivity index (χ0v) is 12.9. The van der Waals surface area contributed by atoms with E-state index in [-0.39, 0.29) is 4.90 Å². The van der Waals surface area contributed by atoms with E-state index in [4.69, 9.17) is 0 Å². The van der Waals surface area contributed by atoms with E-state index in [0.717, 1.165) is 6.42 Å². The lowest BCUT2D eigenvalue weighted by Crippen LogP contribution is -2.12. The number of hydrogen-bond acceptors (Lipinski definition) is 6. The van der Waals surface area contributed by atoms with Crippen molar-refractivity contribution in [3.63, 3.8) is 0 Å². The van der Waals surface area contributed by atoms with Crippen molar-refractivity contribution in [2.75, 3.05) is 23.7 Å². The molecule has 23 heavy (non-hydrogen) atoms. The molecule has 124 valence electrons. The zero-order valence-electron chi connectivity index (χ0n) is 12.1. The Labute approximate surface area is 132 Å². The molecule has 0 fully saturated rings. The van der Waals surface area contributed by atoms with Crippen LogP contribution in [0, 0.1) is 0 Å². The number of halogens is 2. The Morgan fingerprint density at radius 3 is 2.22 bits per heavy atom. The monoisotopic (exact) mass is 342 g/mol. The van der Waals surface area contributed by atoms with E-state index in [1.165, 1.54) is 24.3 Å². The van der Waals surface area contributed by atoms with Crippen molar-refractivity contribution in [1.29, 1.82) is 0 Å². The lowest BCUT2D eigenvalue weighted by molar-refractivity contribution is 0.234. The fraction of sp³-hybridized carbons (Fsp3) is 0.286.